The van der Waals surface area contributed by atoms with Gasteiger partial charge in [0.15, 0.2) is 11.6 Å². The molecule has 0 unspecified atom stereocenters. The van der Waals surface area contributed by atoms with Crippen LogP contribution in [-0.2, 0) is 9.53 Å². The second-order valence-corrected chi connectivity index (χ2v) is 5.90. The zero-order chi connectivity index (χ0) is 16.4. The van der Waals surface area contributed by atoms with Gasteiger partial charge in [-0.1, -0.05) is 0 Å². The number of aromatic nitrogens is 4. The van der Waals surface area contributed by atoms with Gasteiger partial charge in [-0.3, -0.25) is 4.79 Å². The fourth-order valence-corrected chi connectivity index (χ4v) is 3.00. The van der Waals surface area contributed by atoms with E-state index in [2.05, 4.69) is 20.2 Å². The number of methoxy groups -OCH3 is 1. The van der Waals surface area contributed by atoms with Crippen molar-refractivity contribution in [2.24, 2.45) is 5.92 Å². The van der Waals surface area contributed by atoms with Crippen LogP contribution in [0.2, 0.25) is 0 Å². The Balaban J connectivity index is 1.77. The largest absolute Gasteiger partial charge is 0.469 e. The summed E-state index contributed by atoms with van der Waals surface area (Å²) in [4.78, 5) is 13.8. The van der Waals surface area contributed by atoms with Gasteiger partial charge in [0.05, 0.1) is 18.7 Å². The van der Waals surface area contributed by atoms with Crippen molar-refractivity contribution < 1.29 is 9.53 Å². The second kappa shape index (κ2) is 6.36. The first-order valence-corrected chi connectivity index (χ1v) is 7.78. The average Bonchev–Trinajstić information content (AvgIpc) is 2.93. The SMILES string of the molecule is COC(=O)[C@H]1CCCN(c2ccc(-n3nc(C)cc3C)nn2)C1. The number of carbonyl (C=O) groups is 1. The number of anilines is 1. The van der Waals surface area contributed by atoms with Gasteiger partial charge in [0.25, 0.3) is 0 Å². The van der Waals surface area contributed by atoms with Crippen LogP contribution in [0.15, 0.2) is 18.2 Å². The summed E-state index contributed by atoms with van der Waals surface area (Å²) in [7, 11) is 1.43. The molecule has 0 amide bonds. The number of hydrogen-bond acceptors (Lipinski definition) is 6. The molecule has 122 valence electrons. The van der Waals surface area contributed by atoms with Crippen molar-refractivity contribution in [3.05, 3.63) is 29.6 Å². The van der Waals surface area contributed by atoms with Gasteiger partial charge < -0.3 is 9.64 Å². The van der Waals surface area contributed by atoms with Crippen LogP contribution in [0.3, 0.4) is 0 Å². The first kappa shape index (κ1) is 15.5. The highest BCUT2D eigenvalue weighted by molar-refractivity contribution is 5.73. The highest BCUT2D eigenvalue weighted by Crippen LogP contribution is 2.22. The van der Waals surface area contributed by atoms with Crippen molar-refractivity contribution in [3.8, 4) is 5.82 Å². The summed E-state index contributed by atoms with van der Waals surface area (Å²) in [5.74, 6) is 1.23. The van der Waals surface area contributed by atoms with Crippen molar-refractivity contribution in [2.75, 3.05) is 25.1 Å². The number of piperidine rings is 1. The van der Waals surface area contributed by atoms with E-state index >= 15 is 0 Å². The van der Waals surface area contributed by atoms with E-state index in [0.717, 1.165) is 36.6 Å². The standard InChI is InChI=1S/C16H21N5O2/c1-11-9-12(2)21(19-11)15-7-6-14(17-18-15)20-8-4-5-13(10-20)16(22)23-3/h6-7,9,13H,4-5,8,10H2,1-3H3/t13-/m0/s1. The van der Waals surface area contributed by atoms with E-state index in [1.165, 1.54) is 7.11 Å². The van der Waals surface area contributed by atoms with E-state index < -0.39 is 0 Å². The summed E-state index contributed by atoms with van der Waals surface area (Å²) >= 11 is 0. The Morgan fingerprint density at radius 2 is 2.00 bits per heavy atom. The molecule has 1 aliphatic rings. The van der Waals surface area contributed by atoms with Gasteiger partial charge in [-0.15, -0.1) is 10.2 Å². The van der Waals surface area contributed by atoms with Crippen molar-refractivity contribution in [3.63, 3.8) is 0 Å². The van der Waals surface area contributed by atoms with Gasteiger partial charge >= 0.3 is 5.97 Å². The lowest BCUT2D eigenvalue weighted by atomic mass is 9.98. The van der Waals surface area contributed by atoms with Gasteiger partial charge in [-0.25, -0.2) is 4.68 Å². The van der Waals surface area contributed by atoms with E-state index in [1.807, 2.05) is 32.0 Å². The Labute approximate surface area is 135 Å². The predicted octanol–water partition coefficient (Wildman–Crippen LogP) is 1.67. The lowest BCUT2D eigenvalue weighted by molar-refractivity contribution is -0.145. The van der Waals surface area contributed by atoms with Crippen LogP contribution < -0.4 is 4.90 Å². The van der Waals surface area contributed by atoms with E-state index in [4.69, 9.17) is 4.74 Å². The molecule has 2 aromatic rings. The molecule has 7 heteroatoms. The second-order valence-electron chi connectivity index (χ2n) is 5.90. The van der Waals surface area contributed by atoms with Crippen LogP contribution in [0.1, 0.15) is 24.2 Å². The Bertz CT molecular complexity index is 695. The summed E-state index contributed by atoms with van der Waals surface area (Å²) in [6, 6.07) is 5.84. The molecule has 0 spiro atoms. The lowest BCUT2D eigenvalue weighted by Crippen LogP contribution is -2.39. The van der Waals surface area contributed by atoms with Gasteiger partial charge in [0.2, 0.25) is 0 Å². The summed E-state index contributed by atoms with van der Waals surface area (Å²) in [6.07, 6.45) is 1.81. The number of esters is 1. The summed E-state index contributed by atoms with van der Waals surface area (Å²) in [5, 5.41) is 13.0. The normalized spacial score (nSPS) is 18.0. The zero-order valence-electron chi connectivity index (χ0n) is 13.7. The molecule has 7 nitrogen and oxygen atoms in total. The number of carbonyl (C=O) groups excluding carboxylic acids is 1. The molecular formula is C16H21N5O2. The number of aryl methyl sites for hydroxylation is 2. The minimum atomic E-state index is -0.151. The Hall–Kier alpha value is -2.44. The summed E-state index contributed by atoms with van der Waals surface area (Å²) in [6.45, 7) is 5.44. The van der Waals surface area contributed by atoms with Gasteiger partial charge in [0.1, 0.15) is 0 Å². The maximum absolute atomic E-state index is 11.7. The number of rotatable bonds is 3. The lowest BCUT2D eigenvalue weighted by Gasteiger charge is -2.31. The topological polar surface area (TPSA) is 73.1 Å². The molecule has 23 heavy (non-hydrogen) atoms. The minimum Gasteiger partial charge on any atom is -0.469 e. The van der Waals surface area contributed by atoms with Crippen LogP contribution in [0.25, 0.3) is 5.82 Å². The zero-order valence-corrected chi connectivity index (χ0v) is 13.7. The Kier molecular flexibility index (Phi) is 4.27. The van der Waals surface area contributed by atoms with Crippen LogP contribution in [0.4, 0.5) is 5.82 Å². The smallest absolute Gasteiger partial charge is 0.310 e. The first-order valence-electron chi connectivity index (χ1n) is 7.78. The maximum Gasteiger partial charge on any atom is 0.310 e. The van der Waals surface area contributed by atoms with Crippen LogP contribution in [-0.4, -0.2) is 46.1 Å². The maximum atomic E-state index is 11.7. The van der Waals surface area contributed by atoms with Gasteiger partial charge in [0, 0.05) is 18.8 Å². The Morgan fingerprint density at radius 3 is 2.61 bits per heavy atom. The van der Waals surface area contributed by atoms with E-state index in [0.29, 0.717) is 12.4 Å². The first-order chi connectivity index (χ1) is 11.1. The van der Waals surface area contributed by atoms with Crippen molar-refractivity contribution in [1.82, 2.24) is 20.0 Å². The highest BCUT2D eigenvalue weighted by Gasteiger charge is 2.27. The van der Waals surface area contributed by atoms with Crippen LogP contribution in [0.5, 0.6) is 0 Å². The van der Waals surface area contributed by atoms with Crippen molar-refractivity contribution >= 4 is 11.8 Å². The molecule has 0 aromatic carbocycles. The molecule has 1 fully saturated rings. The van der Waals surface area contributed by atoms with E-state index in [-0.39, 0.29) is 11.9 Å². The molecule has 3 rings (SSSR count). The van der Waals surface area contributed by atoms with E-state index in [9.17, 15) is 4.79 Å². The number of ether oxygens (including phenoxy) is 1. The molecule has 1 saturated heterocycles. The molecule has 1 atom stereocenters. The molecule has 0 saturated carbocycles. The average molecular weight is 315 g/mol. The Morgan fingerprint density at radius 1 is 1.26 bits per heavy atom. The third kappa shape index (κ3) is 3.18. The number of nitrogens with zero attached hydrogens (tertiary/aromatic N) is 5. The molecule has 0 N–H and O–H groups in total. The van der Waals surface area contributed by atoms with Gasteiger partial charge in [-0.05, 0) is 44.9 Å². The number of hydrogen-bond donors (Lipinski definition) is 0. The quantitative estimate of drug-likeness (QED) is 0.802. The molecule has 0 radical (unpaired) electrons. The molecule has 3 heterocycles. The third-order valence-electron chi connectivity index (χ3n) is 4.14. The summed E-state index contributed by atoms with van der Waals surface area (Å²) < 4.78 is 6.63. The van der Waals surface area contributed by atoms with E-state index in [1.54, 1.807) is 4.68 Å². The minimum absolute atomic E-state index is 0.0914. The third-order valence-corrected chi connectivity index (χ3v) is 4.14. The van der Waals surface area contributed by atoms with Gasteiger partial charge in [-0.2, -0.15) is 5.10 Å². The predicted molar refractivity (Wildman–Crippen MR) is 85.6 cm³/mol. The fraction of sp³-hybridized carbons (Fsp3) is 0.500. The highest BCUT2D eigenvalue weighted by atomic mass is 16.5. The molecule has 0 bridgehead atoms. The van der Waals surface area contributed by atoms with Crippen LogP contribution >= 0.6 is 0 Å². The van der Waals surface area contributed by atoms with Crippen LogP contribution in [0, 0.1) is 19.8 Å². The molecular weight excluding hydrogens is 294 g/mol. The monoisotopic (exact) mass is 315 g/mol. The molecule has 0 aliphatic carbocycles. The fourth-order valence-electron chi connectivity index (χ4n) is 3.00. The molecule has 2 aromatic heterocycles. The van der Waals surface area contributed by atoms with Crippen molar-refractivity contribution in [2.45, 2.75) is 26.7 Å². The molecule has 1 aliphatic heterocycles. The van der Waals surface area contributed by atoms with Crippen molar-refractivity contribution in [1.29, 1.82) is 0 Å². The summed E-state index contributed by atoms with van der Waals surface area (Å²) in [5.41, 5.74) is 1.97.